The number of benzene rings is 1. The summed E-state index contributed by atoms with van der Waals surface area (Å²) in [5.74, 6) is 1.48. The molecule has 3 rings (SSSR count). The van der Waals surface area contributed by atoms with Gasteiger partial charge in [0.05, 0.1) is 12.2 Å². The first kappa shape index (κ1) is 14.3. The fourth-order valence-electron chi connectivity index (χ4n) is 2.78. The lowest BCUT2D eigenvalue weighted by Crippen LogP contribution is -2.03. The second-order valence-electron chi connectivity index (χ2n) is 5.25. The molecule has 2 aromatic rings. The van der Waals surface area contributed by atoms with Crippen LogP contribution in [0, 0.1) is 0 Å². The molecule has 0 atom stereocenters. The van der Waals surface area contributed by atoms with Crippen LogP contribution < -0.4 is 4.74 Å². The monoisotopic (exact) mass is 302 g/mol. The minimum atomic E-state index is 0.600. The average Bonchev–Trinajstić information content (AvgIpc) is 2.74. The predicted octanol–water partition coefficient (Wildman–Crippen LogP) is 4.46. The van der Waals surface area contributed by atoms with Crippen molar-refractivity contribution in [3.63, 3.8) is 0 Å². The summed E-state index contributed by atoms with van der Waals surface area (Å²) in [4.78, 5) is 9.29. The smallest absolute Gasteiger partial charge is 0.164 e. The summed E-state index contributed by atoms with van der Waals surface area (Å²) >= 11 is 6.41. The molecule has 1 aromatic heterocycles. The summed E-state index contributed by atoms with van der Waals surface area (Å²) in [6.45, 7) is 2.59. The molecule has 1 aliphatic carbocycles. The number of hydrogen-bond donors (Lipinski definition) is 0. The van der Waals surface area contributed by atoms with Gasteiger partial charge in [-0.1, -0.05) is 30.2 Å². The number of aromatic nitrogens is 2. The largest absolute Gasteiger partial charge is 0.493 e. The Morgan fingerprint density at radius 1 is 1.10 bits per heavy atom. The van der Waals surface area contributed by atoms with Crippen molar-refractivity contribution in [3.05, 3.63) is 40.7 Å². The molecular formula is C17H19ClN2O. The quantitative estimate of drug-likeness (QED) is 0.620. The van der Waals surface area contributed by atoms with E-state index in [2.05, 4.69) is 4.98 Å². The first-order valence-electron chi connectivity index (χ1n) is 7.57. The summed E-state index contributed by atoms with van der Waals surface area (Å²) in [5.41, 5.74) is 3.15. The Kier molecular flexibility index (Phi) is 4.39. The molecule has 110 valence electrons. The third-order valence-corrected chi connectivity index (χ3v) is 4.12. The van der Waals surface area contributed by atoms with Crippen molar-refractivity contribution in [2.75, 3.05) is 6.61 Å². The molecule has 21 heavy (non-hydrogen) atoms. The molecule has 3 nitrogen and oxygen atoms in total. The van der Waals surface area contributed by atoms with E-state index in [1.54, 1.807) is 0 Å². The molecule has 0 unspecified atom stereocenters. The highest BCUT2D eigenvalue weighted by Crippen LogP contribution is 2.31. The van der Waals surface area contributed by atoms with E-state index in [0.29, 0.717) is 17.6 Å². The van der Waals surface area contributed by atoms with Gasteiger partial charge >= 0.3 is 0 Å². The van der Waals surface area contributed by atoms with Gasteiger partial charge in [-0.2, -0.15) is 0 Å². The Morgan fingerprint density at radius 2 is 1.90 bits per heavy atom. The van der Waals surface area contributed by atoms with E-state index in [-0.39, 0.29) is 0 Å². The molecule has 0 aliphatic heterocycles. The second kappa shape index (κ2) is 6.44. The van der Waals surface area contributed by atoms with Crippen molar-refractivity contribution in [1.29, 1.82) is 0 Å². The molecule has 0 spiro atoms. The van der Waals surface area contributed by atoms with Crippen LogP contribution >= 0.6 is 11.6 Å². The van der Waals surface area contributed by atoms with Crippen LogP contribution in [0.15, 0.2) is 24.3 Å². The zero-order chi connectivity index (χ0) is 14.7. The standard InChI is InChI=1S/C17H19ClN2O/c1-2-21-15-11-7-6-9-13(15)17-19-14-10-5-3-4-8-12(14)16(18)20-17/h6-7,9,11H,2-5,8,10H2,1H3. The lowest BCUT2D eigenvalue weighted by atomic mass is 10.1. The maximum atomic E-state index is 6.41. The highest BCUT2D eigenvalue weighted by Gasteiger charge is 2.17. The molecule has 0 fully saturated rings. The van der Waals surface area contributed by atoms with E-state index in [1.807, 2.05) is 31.2 Å². The summed E-state index contributed by atoms with van der Waals surface area (Å²) < 4.78 is 5.68. The molecule has 1 aromatic carbocycles. The minimum absolute atomic E-state index is 0.600. The Hall–Kier alpha value is -1.61. The summed E-state index contributed by atoms with van der Waals surface area (Å²) in [5, 5.41) is 0.600. The number of fused-ring (bicyclic) bond motifs is 1. The normalized spacial score (nSPS) is 14.4. The van der Waals surface area contributed by atoms with Crippen molar-refractivity contribution in [3.8, 4) is 17.1 Å². The summed E-state index contributed by atoms with van der Waals surface area (Å²) in [6, 6.07) is 7.86. The van der Waals surface area contributed by atoms with Gasteiger partial charge in [-0.15, -0.1) is 0 Å². The fraction of sp³-hybridized carbons (Fsp3) is 0.412. The van der Waals surface area contributed by atoms with Gasteiger partial charge in [-0.3, -0.25) is 0 Å². The Bertz CT molecular complexity index is 643. The number of rotatable bonds is 3. The van der Waals surface area contributed by atoms with E-state index >= 15 is 0 Å². The van der Waals surface area contributed by atoms with Crippen LogP contribution in [0.4, 0.5) is 0 Å². The van der Waals surface area contributed by atoms with Gasteiger partial charge < -0.3 is 4.74 Å². The lowest BCUT2D eigenvalue weighted by molar-refractivity contribution is 0.341. The molecule has 0 saturated carbocycles. The average molecular weight is 303 g/mol. The zero-order valence-corrected chi connectivity index (χ0v) is 13.0. The minimum Gasteiger partial charge on any atom is -0.493 e. The van der Waals surface area contributed by atoms with Crippen molar-refractivity contribution in [2.45, 2.75) is 39.0 Å². The zero-order valence-electron chi connectivity index (χ0n) is 12.2. The summed E-state index contributed by atoms with van der Waals surface area (Å²) in [7, 11) is 0. The van der Waals surface area contributed by atoms with Crippen LogP contribution in [0.25, 0.3) is 11.4 Å². The molecule has 0 radical (unpaired) electrons. The van der Waals surface area contributed by atoms with E-state index in [4.69, 9.17) is 21.3 Å². The predicted molar refractivity (Wildman–Crippen MR) is 84.9 cm³/mol. The van der Waals surface area contributed by atoms with Gasteiger partial charge in [-0.05, 0) is 44.7 Å². The fourth-order valence-corrected chi connectivity index (χ4v) is 3.06. The number of aryl methyl sites for hydroxylation is 1. The van der Waals surface area contributed by atoms with Crippen LogP contribution in [0.5, 0.6) is 5.75 Å². The van der Waals surface area contributed by atoms with Gasteiger partial charge in [0.2, 0.25) is 0 Å². The Labute approximate surface area is 130 Å². The number of hydrogen-bond acceptors (Lipinski definition) is 3. The first-order chi connectivity index (χ1) is 10.3. The van der Waals surface area contributed by atoms with Crippen LogP contribution in [0.1, 0.15) is 37.4 Å². The van der Waals surface area contributed by atoms with E-state index in [0.717, 1.165) is 35.4 Å². The number of halogens is 1. The van der Waals surface area contributed by atoms with E-state index < -0.39 is 0 Å². The summed E-state index contributed by atoms with van der Waals surface area (Å²) in [6.07, 6.45) is 5.55. The molecule has 4 heteroatoms. The van der Waals surface area contributed by atoms with Gasteiger partial charge in [0, 0.05) is 11.3 Å². The molecule has 0 N–H and O–H groups in total. The molecule has 0 bridgehead atoms. The van der Waals surface area contributed by atoms with E-state index in [9.17, 15) is 0 Å². The van der Waals surface area contributed by atoms with Crippen molar-refractivity contribution in [2.24, 2.45) is 0 Å². The first-order valence-corrected chi connectivity index (χ1v) is 7.95. The van der Waals surface area contributed by atoms with Crippen molar-refractivity contribution < 1.29 is 4.74 Å². The molecule has 0 amide bonds. The topological polar surface area (TPSA) is 35.0 Å². The lowest BCUT2D eigenvalue weighted by Gasteiger charge is -2.12. The second-order valence-corrected chi connectivity index (χ2v) is 5.61. The number of para-hydroxylation sites is 1. The van der Waals surface area contributed by atoms with Crippen LogP contribution in [0.2, 0.25) is 5.15 Å². The van der Waals surface area contributed by atoms with Crippen LogP contribution in [-0.4, -0.2) is 16.6 Å². The Balaban J connectivity index is 2.07. The highest BCUT2D eigenvalue weighted by molar-refractivity contribution is 6.30. The highest BCUT2D eigenvalue weighted by atomic mass is 35.5. The maximum absolute atomic E-state index is 6.41. The van der Waals surface area contributed by atoms with Crippen LogP contribution in [0.3, 0.4) is 0 Å². The van der Waals surface area contributed by atoms with Crippen LogP contribution in [-0.2, 0) is 12.8 Å². The molecule has 1 aliphatic rings. The molecule has 0 saturated heterocycles. The van der Waals surface area contributed by atoms with Crippen molar-refractivity contribution >= 4 is 11.6 Å². The third-order valence-electron chi connectivity index (χ3n) is 3.81. The third kappa shape index (κ3) is 3.03. The maximum Gasteiger partial charge on any atom is 0.164 e. The number of ether oxygens (including phenoxy) is 1. The van der Waals surface area contributed by atoms with Gasteiger partial charge in [0.1, 0.15) is 10.9 Å². The SMILES string of the molecule is CCOc1ccccc1-c1nc(Cl)c2c(n1)CCCCC2. The van der Waals surface area contributed by atoms with Gasteiger partial charge in [0.25, 0.3) is 0 Å². The Morgan fingerprint density at radius 3 is 2.76 bits per heavy atom. The van der Waals surface area contributed by atoms with Crippen molar-refractivity contribution in [1.82, 2.24) is 9.97 Å². The molecule has 1 heterocycles. The van der Waals surface area contributed by atoms with Gasteiger partial charge in [0.15, 0.2) is 5.82 Å². The number of nitrogens with zero attached hydrogens (tertiary/aromatic N) is 2. The van der Waals surface area contributed by atoms with Gasteiger partial charge in [-0.25, -0.2) is 9.97 Å². The van der Waals surface area contributed by atoms with E-state index in [1.165, 1.54) is 19.3 Å². The molecular weight excluding hydrogens is 284 g/mol.